The summed E-state index contributed by atoms with van der Waals surface area (Å²) < 4.78 is 25.2. The first kappa shape index (κ1) is 13.1. The predicted molar refractivity (Wildman–Crippen MR) is 62.6 cm³/mol. The summed E-state index contributed by atoms with van der Waals surface area (Å²) in [7, 11) is -3.51. The number of aromatic nitrogens is 1. The Bertz CT molecular complexity index is 487. The summed E-state index contributed by atoms with van der Waals surface area (Å²) in [5.74, 6) is 0. The van der Waals surface area contributed by atoms with Gasteiger partial charge in [0.15, 0.2) is 5.25 Å². The fraction of sp³-hybridized carbons (Fsp3) is 0.556. The highest BCUT2D eigenvalue weighted by atomic mass is 32.2. The minimum Gasteiger partial charge on any atom is -0.247 e. The molecule has 0 aromatic carbocycles. The Kier molecular flexibility index (Phi) is 4.41. The lowest BCUT2D eigenvalue weighted by atomic mass is 10.4. The van der Waals surface area contributed by atoms with E-state index in [0.717, 1.165) is 10.7 Å². The van der Waals surface area contributed by atoms with E-state index in [-0.39, 0.29) is 6.54 Å². The summed E-state index contributed by atoms with van der Waals surface area (Å²) in [5.41, 5.74) is 0.938. The van der Waals surface area contributed by atoms with Gasteiger partial charge in [-0.1, -0.05) is 0 Å². The maximum Gasteiger partial charge on any atom is 0.227 e. The van der Waals surface area contributed by atoms with E-state index < -0.39 is 15.3 Å². The van der Waals surface area contributed by atoms with Crippen molar-refractivity contribution < 1.29 is 8.42 Å². The largest absolute Gasteiger partial charge is 0.247 e. The standard InChI is InChI=1S/C9H13N3O2S2/c1-7-6-15-9(12-7)3-4-11-16(13,14)8(2)5-10/h6,8,11H,3-4H2,1-2H3. The quantitative estimate of drug-likeness (QED) is 0.848. The van der Waals surface area contributed by atoms with Crippen molar-refractivity contribution in [3.05, 3.63) is 16.1 Å². The van der Waals surface area contributed by atoms with E-state index in [0.29, 0.717) is 6.42 Å². The van der Waals surface area contributed by atoms with E-state index in [1.54, 1.807) is 6.07 Å². The molecule has 1 rings (SSSR count). The number of nitrogens with zero attached hydrogens (tertiary/aromatic N) is 2. The molecule has 16 heavy (non-hydrogen) atoms. The van der Waals surface area contributed by atoms with Crippen molar-refractivity contribution in [1.82, 2.24) is 9.71 Å². The molecule has 1 heterocycles. The summed E-state index contributed by atoms with van der Waals surface area (Å²) in [6, 6.07) is 1.69. The van der Waals surface area contributed by atoms with Gasteiger partial charge in [-0.25, -0.2) is 18.1 Å². The van der Waals surface area contributed by atoms with Gasteiger partial charge in [0.2, 0.25) is 10.0 Å². The summed E-state index contributed by atoms with van der Waals surface area (Å²) in [6.07, 6.45) is 0.551. The van der Waals surface area contributed by atoms with Crippen LogP contribution in [-0.4, -0.2) is 25.2 Å². The molecule has 88 valence electrons. The van der Waals surface area contributed by atoms with Gasteiger partial charge in [-0.2, -0.15) is 5.26 Å². The lowest BCUT2D eigenvalue weighted by molar-refractivity contribution is 0.577. The average molecular weight is 259 g/mol. The first-order valence-electron chi connectivity index (χ1n) is 4.75. The van der Waals surface area contributed by atoms with E-state index in [9.17, 15) is 8.42 Å². The van der Waals surface area contributed by atoms with Crippen LogP contribution in [0, 0.1) is 18.3 Å². The van der Waals surface area contributed by atoms with Crippen molar-refractivity contribution in [3.63, 3.8) is 0 Å². The zero-order valence-corrected chi connectivity index (χ0v) is 10.7. The Morgan fingerprint density at radius 1 is 1.69 bits per heavy atom. The Hall–Kier alpha value is -0.970. The highest BCUT2D eigenvalue weighted by molar-refractivity contribution is 7.90. The molecular formula is C9H13N3O2S2. The van der Waals surface area contributed by atoms with Crippen LogP contribution in [0.5, 0.6) is 0 Å². The second-order valence-electron chi connectivity index (χ2n) is 3.34. The Balaban J connectivity index is 2.45. The minimum absolute atomic E-state index is 0.279. The smallest absolute Gasteiger partial charge is 0.227 e. The van der Waals surface area contributed by atoms with E-state index in [4.69, 9.17) is 5.26 Å². The molecule has 1 N–H and O–H groups in total. The van der Waals surface area contributed by atoms with E-state index >= 15 is 0 Å². The van der Waals surface area contributed by atoms with Crippen molar-refractivity contribution in [2.45, 2.75) is 25.5 Å². The third-order valence-electron chi connectivity index (χ3n) is 1.96. The lowest BCUT2D eigenvalue weighted by Gasteiger charge is -2.06. The molecule has 1 atom stereocenters. The molecule has 0 amide bonds. The molecule has 0 bridgehead atoms. The summed E-state index contributed by atoms with van der Waals surface area (Å²) in [4.78, 5) is 4.21. The van der Waals surface area contributed by atoms with Crippen LogP contribution >= 0.6 is 11.3 Å². The number of thiazole rings is 1. The minimum atomic E-state index is -3.51. The third kappa shape index (κ3) is 3.56. The molecular weight excluding hydrogens is 246 g/mol. The van der Waals surface area contributed by atoms with Gasteiger partial charge >= 0.3 is 0 Å². The number of aryl methyl sites for hydroxylation is 1. The molecule has 0 fully saturated rings. The van der Waals surface area contributed by atoms with Gasteiger partial charge in [-0.05, 0) is 13.8 Å². The van der Waals surface area contributed by atoms with Crippen molar-refractivity contribution in [2.75, 3.05) is 6.54 Å². The van der Waals surface area contributed by atoms with Crippen molar-refractivity contribution >= 4 is 21.4 Å². The van der Waals surface area contributed by atoms with Crippen LogP contribution in [0.4, 0.5) is 0 Å². The maximum atomic E-state index is 11.4. The first-order chi connectivity index (χ1) is 7.45. The van der Waals surface area contributed by atoms with E-state index in [1.165, 1.54) is 18.3 Å². The zero-order valence-electron chi connectivity index (χ0n) is 9.10. The van der Waals surface area contributed by atoms with Gasteiger partial charge in [0.25, 0.3) is 0 Å². The normalized spacial score (nSPS) is 13.3. The summed E-state index contributed by atoms with van der Waals surface area (Å²) in [6.45, 7) is 3.53. The topological polar surface area (TPSA) is 82.9 Å². The number of rotatable bonds is 5. The molecule has 0 aliphatic rings. The summed E-state index contributed by atoms with van der Waals surface area (Å²) in [5, 5.41) is 10.3. The second-order valence-corrected chi connectivity index (χ2v) is 6.37. The average Bonchev–Trinajstić information content (AvgIpc) is 2.62. The second kappa shape index (κ2) is 5.39. The molecule has 5 nitrogen and oxygen atoms in total. The number of hydrogen-bond donors (Lipinski definition) is 1. The molecule has 1 aromatic rings. The predicted octanol–water partition coefficient (Wildman–Crippen LogP) is 0.826. The fourth-order valence-corrected chi connectivity index (χ4v) is 2.56. The SMILES string of the molecule is Cc1csc(CCNS(=O)(=O)C(C)C#N)n1. The van der Waals surface area contributed by atoms with Gasteiger partial charge < -0.3 is 0 Å². The summed E-state index contributed by atoms with van der Waals surface area (Å²) >= 11 is 1.50. The zero-order chi connectivity index (χ0) is 12.2. The van der Waals surface area contributed by atoms with Crippen LogP contribution in [0.15, 0.2) is 5.38 Å². The maximum absolute atomic E-state index is 11.4. The Labute approximate surface area is 99.2 Å². The first-order valence-corrected chi connectivity index (χ1v) is 7.17. The van der Waals surface area contributed by atoms with Gasteiger partial charge in [0.1, 0.15) is 0 Å². The number of sulfonamides is 1. The van der Waals surface area contributed by atoms with Crippen LogP contribution in [0.2, 0.25) is 0 Å². The highest BCUT2D eigenvalue weighted by Gasteiger charge is 2.19. The molecule has 1 unspecified atom stereocenters. The molecule has 0 saturated heterocycles. The third-order valence-corrected chi connectivity index (χ3v) is 4.63. The molecule has 0 radical (unpaired) electrons. The molecule has 1 aromatic heterocycles. The molecule has 0 aliphatic heterocycles. The van der Waals surface area contributed by atoms with Gasteiger partial charge in [-0.3, -0.25) is 0 Å². The van der Waals surface area contributed by atoms with Gasteiger partial charge in [0, 0.05) is 24.0 Å². The van der Waals surface area contributed by atoms with Gasteiger partial charge in [0.05, 0.1) is 11.1 Å². The fourth-order valence-electron chi connectivity index (χ4n) is 1.01. The van der Waals surface area contributed by atoms with Crippen LogP contribution in [-0.2, 0) is 16.4 Å². The van der Waals surface area contributed by atoms with Crippen molar-refractivity contribution in [2.24, 2.45) is 0 Å². The monoisotopic (exact) mass is 259 g/mol. The molecule has 7 heteroatoms. The van der Waals surface area contributed by atoms with Crippen LogP contribution in [0.3, 0.4) is 0 Å². The van der Waals surface area contributed by atoms with E-state index in [1.807, 2.05) is 12.3 Å². The Morgan fingerprint density at radius 2 is 2.38 bits per heavy atom. The van der Waals surface area contributed by atoms with Crippen molar-refractivity contribution in [1.29, 1.82) is 5.26 Å². The Morgan fingerprint density at radius 3 is 2.88 bits per heavy atom. The molecule has 0 aliphatic carbocycles. The van der Waals surface area contributed by atoms with E-state index in [2.05, 4.69) is 9.71 Å². The number of hydrogen-bond acceptors (Lipinski definition) is 5. The number of nitriles is 1. The van der Waals surface area contributed by atoms with Crippen LogP contribution < -0.4 is 4.72 Å². The van der Waals surface area contributed by atoms with Gasteiger partial charge in [-0.15, -0.1) is 11.3 Å². The molecule has 0 saturated carbocycles. The molecule has 0 spiro atoms. The number of nitrogens with one attached hydrogen (secondary N) is 1. The van der Waals surface area contributed by atoms with Crippen molar-refractivity contribution in [3.8, 4) is 6.07 Å². The van der Waals surface area contributed by atoms with Crippen LogP contribution in [0.1, 0.15) is 17.6 Å². The highest BCUT2D eigenvalue weighted by Crippen LogP contribution is 2.08. The van der Waals surface area contributed by atoms with Crippen LogP contribution in [0.25, 0.3) is 0 Å². The lowest BCUT2D eigenvalue weighted by Crippen LogP contribution is -2.33.